The van der Waals surface area contributed by atoms with Gasteiger partial charge in [0.1, 0.15) is 0 Å². The molecule has 1 aromatic carbocycles. The lowest BCUT2D eigenvalue weighted by molar-refractivity contribution is -0.135. The number of aryl methyl sites for hydroxylation is 2. The van der Waals surface area contributed by atoms with Gasteiger partial charge in [0.15, 0.2) is 5.78 Å². The van der Waals surface area contributed by atoms with Crippen LogP contribution in [0.1, 0.15) is 59.1 Å². The first-order valence-electron chi connectivity index (χ1n) is 8.30. The van der Waals surface area contributed by atoms with Crippen molar-refractivity contribution in [1.29, 1.82) is 0 Å². The van der Waals surface area contributed by atoms with Gasteiger partial charge in [-0.05, 0) is 24.3 Å². The Labute approximate surface area is 140 Å². The van der Waals surface area contributed by atoms with Crippen molar-refractivity contribution in [2.45, 2.75) is 67.3 Å². The SMILES string of the molecule is Cc1ccc(CCC(=O)NC(C(=O)C(C)(C)C)C(C)(C)C)cc1. The molecule has 0 bridgehead atoms. The fraction of sp³-hybridized carbons (Fsp3) is 0.600. The maximum Gasteiger partial charge on any atom is 0.220 e. The molecule has 1 atom stereocenters. The van der Waals surface area contributed by atoms with E-state index in [0.717, 1.165) is 5.56 Å². The number of benzene rings is 1. The van der Waals surface area contributed by atoms with Gasteiger partial charge in [0, 0.05) is 11.8 Å². The molecule has 1 N–H and O–H groups in total. The van der Waals surface area contributed by atoms with E-state index >= 15 is 0 Å². The zero-order valence-corrected chi connectivity index (χ0v) is 15.6. The molecule has 0 aliphatic carbocycles. The molecule has 0 radical (unpaired) electrons. The van der Waals surface area contributed by atoms with Gasteiger partial charge in [0.25, 0.3) is 0 Å². The number of carbonyl (C=O) groups is 2. The summed E-state index contributed by atoms with van der Waals surface area (Å²) in [6.07, 6.45) is 1.08. The maximum absolute atomic E-state index is 12.6. The smallest absolute Gasteiger partial charge is 0.220 e. The molecule has 1 amide bonds. The predicted molar refractivity (Wildman–Crippen MR) is 95.3 cm³/mol. The molecule has 0 saturated carbocycles. The quantitative estimate of drug-likeness (QED) is 0.889. The summed E-state index contributed by atoms with van der Waals surface area (Å²) in [5.74, 6) is 0.0109. The maximum atomic E-state index is 12.6. The number of rotatable bonds is 5. The molecule has 0 fully saturated rings. The number of amides is 1. The van der Waals surface area contributed by atoms with Crippen LogP contribution in [0, 0.1) is 17.8 Å². The van der Waals surface area contributed by atoms with Crippen molar-refractivity contribution in [3.63, 3.8) is 0 Å². The Hall–Kier alpha value is -1.64. The minimum atomic E-state index is -0.470. The van der Waals surface area contributed by atoms with E-state index in [0.29, 0.717) is 12.8 Å². The molecule has 1 aromatic rings. The van der Waals surface area contributed by atoms with Crippen LogP contribution in [-0.2, 0) is 16.0 Å². The van der Waals surface area contributed by atoms with Crippen LogP contribution in [0.2, 0.25) is 0 Å². The van der Waals surface area contributed by atoms with Gasteiger partial charge < -0.3 is 5.32 Å². The number of hydrogen-bond donors (Lipinski definition) is 1. The molecular formula is C20H31NO2. The summed E-state index contributed by atoms with van der Waals surface area (Å²) in [4.78, 5) is 25.0. The Morgan fingerprint density at radius 2 is 1.52 bits per heavy atom. The fourth-order valence-corrected chi connectivity index (χ4v) is 2.35. The van der Waals surface area contributed by atoms with Crippen LogP contribution in [0.25, 0.3) is 0 Å². The number of nitrogens with one attached hydrogen (secondary N) is 1. The molecule has 128 valence electrons. The summed E-state index contributed by atoms with van der Waals surface area (Å²) < 4.78 is 0. The van der Waals surface area contributed by atoms with Crippen LogP contribution in [0.4, 0.5) is 0 Å². The van der Waals surface area contributed by atoms with Crippen LogP contribution in [-0.4, -0.2) is 17.7 Å². The van der Waals surface area contributed by atoms with Crippen molar-refractivity contribution in [1.82, 2.24) is 5.32 Å². The summed E-state index contributed by atoms with van der Waals surface area (Å²) in [6.45, 7) is 13.7. The highest BCUT2D eigenvalue weighted by Crippen LogP contribution is 2.27. The fourth-order valence-electron chi connectivity index (χ4n) is 2.35. The standard InChI is InChI=1S/C20H31NO2/c1-14-8-10-15(11-9-14)12-13-16(22)21-17(19(2,3)4)18(23)20(5,6)7/h8-11,17H,12-13H2,1-7H3,(H,21,22). The lowest BCUT2D eigenvalue weighted by Crippen LogP contribution is -2.52. The third kappa shape index (κ3) is 6.17. The monoisotopic (exact) mass is 317 g/mol. The lowest BCUT2D eigenvalue weighted by atomic mass is 9.75. The molecule has 0 aliphatic heterocycles. The minimum absolute atomic E-state index is 0.0666. The predicted octanol–water partition coefficient (Wildman–Crippen LogP) is 4.07. The molecule has 0 heterocycles. The second-order valence-corrected chi connectivity index (χ2v) is 8.47. The van der Waals surface area contributed by atoms with E-state index in [1.807, 2.05) is 72.7 Å². The summed E-state index contributed by atoms with van der Waals surface area (Å²) in [5, 5.41) is 2.96. The van der Waals surface area contributed by atoms with Crippen LogP contribution in [0.15, 0.2) is 24.3 Å². The molecular weight excluding hydrogens is 286 g/mol. The summed E-state index contributed by atoms with van der Waals surface area (Å²) in [5.41, 5.74) is 1.58. The van der Waals surface area contributed by atoms with Gasteiger partial charge in [-0.15, -0.1) is 0 Å². The Kier molecular flexibility index (Phi) is 6.15. The molecule has 3 heteroatoms. The van der Waals surface area contributed by atoms with Gasteiger partial charge in [0.05, 0.1) is 6.04 Å². The van der Waals surface area contributed by atoms with Gasteiger partial charge in [-0.25, -0.2) is 0 Å². The zero-order chi connectivity index (χ0) is 17.8. The average Bonchev–Trinajstić information content (AvgIpc) is 2.41. The van der Waals surface area contributed by atoms with Crippen molar-refractivity contribution >= 4 is 11.7 Å². The van der Waals surface area contributed by atoms with Crippen molar-refractivity contribution in [3.8, 4) is 0 Å². The third-order valence-electron chi connectivity index (χ3n) is 3.93. The van der Waals surface area contributed by atoms with E-state index < -0.39 is 11.5 Å². The largest absolute Gasteiger partial charge is 0.346 e. The highest BCUT2D eigenvalue weighted by molar-refractivity contribution is 5.93. The van der Waals surface area contributed by atoms with E-state index in [4.69, 9.17) is 0 Å². The normalized spacial score (nSPS) is 13.5. The third-order valence-corrected chi connectivity index (χ3v) is 3.93. The van der Waals surface area contributed by atoms with E-state index in [2.05, 4.69) is 5.32 Å². The Balaban J connectivity index is 2.71. The first kappa shape index (κ1) is 19.4. The zero-order valence-electron chi connectivity index (χ0n) is 15.6. The Morgan fingerprint density at radius 1 is 1.00 bits per heavy atom. The summed E-state index contributed by atoms with van der Waals surface area (Å²) >= 11 is 0. The van der Waals surface area contributed by atoms with E-state index in [1.54, 1.807) is 0 Å². The van der Waals surface area contributed by atoms with Crippen molar-refractivity contribution < 1.29 is 9.59 Å². The second-order valence-electron chi connectivity index (χ2n) is 8.47. The van der Waals surface area contributed by atoms with Gasteiger partial charge >= 0.3 is 0 Å². The molecule has 1 unspecified atom stereocenters. The lowest BCUT2D eigenvalue weighted by Gasteiger charge is -2.34. The number of carbonyl (C=O) groups excluding carboxylic acids is 2. The van der Waals surface area contributed by atoms with Gasteiger partial charge in [0.2, 0.25) is 5.91 Å². The number of ketones is 1. The Bertz CT molecular complexity index is 544. The Morgan fingerprint density at radius 3 is 1.96 bits per heavy atom. The summed E-state index contributed by atoms with van der Waals surface area (Å²) in [7, 11) is 0. The van der Waals surface area contributed by atoms with E-state index in [1.165, 1.54) is 5.56 Å². The molecule has 3 nitrogen and oxygen atoms in total. The molecule has 0 spiro atoms. The minimum Gasteiger partial charge on any atom is -0.346 e. The second kappa shape index (κ2) is 7.29. The molecule has 23 heavy (non-hydrogen) atoms. The van der Waals surface area contributed by atoms with Crippen LogP contribution in [0.3, 0.4) is 0 Å². The van der Waals surface area contributed by atoms with Gasteiger partial charge in [-0.2, -0.15) is 0 Å². The van der Waals surface area contributed by atoms with E-state index in [-0.39, 0.29) is 17.1 Å². The first-order chi connectivity index (χ1) is 10.4. The van der Waals surface area contributed by atoms with Crippen molar-refractivity contribution in [3.05, 3.63) is 35.4 Å². The highest BCUT2D eigenvalue weighted by Gasteiger charge is 2.38. The van der Waals surface area contributed by atoms with Crippen LogP contribution in [0.5, 0.6) is 0 Å². The van der Waals surface area contributed by atoms with Crippen molar-refractivity contribution in [2.75, 3.05) is 0 Å². The van der Waals surface area contributed by atoms with Crippen molar-refractivity contribution in [2.24, 2.45) is 10.8 Å². The average molecular weight is 317 g/mol. The van der Waals surface area contributed by atoms with Crippen LogP contribution < -0.4 is 5.32 Å². The molecule has 0 aromatic heterocycles. The number of hydrogen-bond acceptors (Lipinski definition) is 2. The number of Topliss-reactive ketones (excluding diaryl/α,β-unsaturated/α-hetero) is 1. The van der Waals surface area contributed by atoms with Gasteiger partial charge in [-0.1, -0.05) is 71.4 Å². The van der Waals surface area contributed by atoms with Gasteiger partial charge in [-0.3, -0.25) is 9.59 Å². The first-order valence-corrected chi connectivity index (χ1v) is 8.30. The molecule has 0 aliphatic rings. The van der Waals surface area contributed by atoms with Crippen LogP contribution >= 0.6 is 0 Å². The van der Waals surface area contributed by atoms with E-state index in [9.17, 15) is 9.59 Å². The topological polar surface area (TPSA) is 46.2 Å². The summed E-state index contributed by atoms with van der Waals surface area (Å²) in [6, 6.07) is 7.73. The molecule has 0 saturated heterocycles. The molecule has 1 rings (SSSR count). The highest BCUT2D eigenvalue weighted by atomic mass is 16.2.